The molecule has 1 aliphatic carbocycles. The third-order valence-corrected chi connectivity index (χ3v) is 12.3. The Balaban J connectivity index is 1.28. The van der Waals surface area contributed by atoms with E-state index in [4.69, 9.17) is 28.5 Å². The van der Waals surface area contributed by atoms with Gasteiger partial charge >= 0.3 is 13.2 Å². The molecule has 1 atom stereocenters. The monoisotopic (exact) mass is 766 g/mol. The molecule has 0 radical (unpaired) electrons. The second kappa shape index (κ2) is 16.1. The van der Waals surface area contributed by atoms with Crippen LogP contribution < -0.4 is 10.4 Å². The number of methoxy groups -OCH3 is 1. The van der Waals surface area contributed by atoms with Gasteiger partial charge in [0.2, 0.25) is 0 Å². The van der Waals surface area contributed by atoms with Gasteiger partial charge < -0.3 is 43.0 Å². The van der Waals surface area contributed by atoms with Gasteiger partial charge in [0.25, 0.3) is 0 Å². The Kier molecular flexibility index (Phi) is 11.6. The molecule has 56 heavy (non-hydrogen) atoms. The lowest BCUT2D eigenvalue weighted by atomic mass is 9.78. The van der Waals surface area contributed by atoms with Crippen molar-refractivity contribution >= 4 is 35.3 Å². The number of fused-ring (bicyclic) bond motifs is 1. The molecule has 4 aromatic rings. The topological polar surface area (TPSA) is 108 Å². The van der Waals surface area contributed by atoms with Gasteiger partial charge in [-0.2, -0.15) is 0 Å². The van der Waals surface area contributed by atoms with Gasteiger partial charge in [-0.05, 0) is 102 Å². The number of hydrogen-bond donors (Lipinski definition) is 1. The molecule has 3 fully saturated rings. The minimum absolute atomic E-state index is 0.0854. The molecule has 2 saturated heterocycles. The van der Waals surface area contributed by atoms with Gasteiger partial charge in [-0.25, -0.2) is 4.79 Å². The number of aliphatic hydroxyl groups is 1. The van der Waals surface area contributed by atoms with Crippen molar-refractivity contribution in [3.05, 3.63) is 77.6 Å². The molecule has 12 heteroatoms. The largest absolute Gasteiger partial charge is 0.494 e. The van der Waals surface area contributed by atoms with Crippen LogP contribution in [-0.2, 0) is 43.1 Å². The fraction of sp³-hybridized carbons (Fsp3) is 0.545. The van der Waals surface area contributed by atoms with Crippen LogP contribution in [-0.4, -0.2) is 96.6 Å². The van der Waals surface area contributed by atoms with Crippen LogP contribution in [0.15, 0.2) is 60.8 Å². The maximum absolute atomic E-state index is 13.0. The van der Waals surface area contributed by atoms with E-state index in [2.05, 4.69) is 75.3 Å². The van der Waals surface area contributed by atoms with E-state index < -0.39 is 18.3 Å². The Morgan fingerprint density at radius 3 is 2.29 bits per heavy atom. The molecule has 2 aromatic carbocycles. The molecule has 1 amide bonds. The van der Waals surface area contributed by atoms with Crippen LogP contribution in [0.3, 0.4) is 0 Å². The summed E-state index contributed by atoms with van der Waals surface area (Å²) in [7, 11) is 1.21. The molecule has 300 valence electrons. The van der Waals surface area contributed by atoms with E-state index in [0.717, 1.165) is 63.8 Å². The summed E-state index contributed by atoms with van der Waals surface area (Å²) in [6.07, 6.45) is 4.10. The predicted molar refractivity (Wildman–Crippen MR) is 220 cm³/mol. The molecule has 3 aliphatic rings. The zero-order valence-corrected chi connectivity index (χ0v) is 34.5. The number of hydrogen-bond acceptors (Lipinski definition) is 9. The summed E-state index contributed by atoms with van der Waals surface area (Å²) in [6.45, 7) is 18.4. The first-order valence-corrected chi connectivity index (χ1v) is 20.2. The average molecular weight is 767 g/mol. The van der Waals surface area contributed by atoms with Crippen LogP contribution >= 0.6 is 0 Å². The number of ether oxygens (including phenoxy) is 3. The molecule has 11 nitrogen and oxygen atoms in total. The van der Waals surface area contributed by atoms with Crippen LogP contribution in [0.1, 0.15) is 84.2 Å². The lowest BCUT2D eigenvalue weighted by Crippen LogP contribution is -2.49. The number of amides is 1. The van der Waals surface area contributed by atoms with E-state index in [1.807, 2.05) is 43.5 Å². The number of carbonyl (C=O) groups excluding carboxylic acids is 1. The van der Waals surface area contributed by atoms with Crippen molar-refractivity contribution in [3.8, 4) is 11.3 Å². The summed E-state index contributed by atoms with van der Waals surface area (Å²) in [4.78, 5) is 22.2. The minimum atomic E-state index is -0.510. The second-order valence-electron chi connectivity index (χ2n) is 17.1. The first kappa shape index (κ1) is 40.3. The van der Waals surface area contributed by atoms with Gasteiger partial charge in [-0.1, -0.05) is 42.5 Å². The molecule has 1 N–H and O–H groups in total. The van der Waals surface area contributed by atoms with Crippen LogP contribution in [0, 0.1) is 5.41 Å². The Bertz CT molecular complexity index is 1990. The first-order chi connectivity index (χ1) is 26.7. The molecule has 4 heterocycles. The van der Waals surface area contributed by atoms with Crippen molar-refractivity contribution in [2.24, 2.45) is 5.41 Å². The second-order valence-corrected chi connectivity index (χ2v) is 17.1. The van der Waals surface area contributed by atoms with Gasteiger partial charge in [-0.3, -0.25) is 4.98 Å². The smallest absolute Gasteiger partial charge is 0.445 e. The predicted octanol–water partition coefficient (Wildman–Crippen LogP) is 6.91. The number of piperazine rings is 1. The lowest BCUT2D eigenvalue weighted by molar-refractivity contribution is 0.00578. The number of rotatable bonds is 14. The van der Waals surface area contributed by atoms with E-state index >= 15 is 0 Å². The van der Waals surface area contributed by atoms with Gasteiger partial charge in [0.05, 0.1) is 53.3 Å². The first-order valence-electron chi connectivity index (χ1n) is 20.2. The number of aliphatic hydroxyl groups excluding tert-OH is 1. The standard InChI is InChI=1S/C44H59BN4O7/c1-30(2)53-23-22-49-38-15-14-33(45-55-42(4,5)43(6,7)56-45)24-35(38)37(26-44(29-50)16-17-44)40(49)36-25-34(27-46-39(36)31(3)52-8)47-18-20-48(21-19-47)41(51)54-28-32-12-10-9-11-13-32/h9-15,24-25,27,30-31,50H,16-23,26,28-29H2,1-8H3/t31-/m0/s1. The number of anilines is 1. The Hall–Kier alpha value is -3.94. The van der Waals surface area contributed by atoms with Crippen LogP contribution in [0.5, 0.6) is 0 Å². The quantitative estimate of drug-likeness (QED) is 0.137. The maximum Gasteiger partial charge on any atom is 0.494 e. The number of nitrogens with zero attached hydrogens (tertiary/aromatic N) is 4. The lowest BCUT2D eigenvalue weighted by Gasteiger charge is -2.35. The average Bonchev–Trinajstić information content (AvgIpc) is 3.86. The highest BCUT2D eigenvalue weighted by molar-refractivity contribution is 6.62. The van der Waals surface area contributed by atoms with E-state index in [1.165, 1.54) is 5.56 Å². The zero-order valence-electron chi connectivity index (χ0n) is 34.5. The third kappa shape index (κ3) is 8.22. The van der Waals surface area contributed by atoms with Crippen LogP contribution in [0.2, 0.25) is 0 Å². The summed E-state index contributed by atoms with van der Waals surface area (Å²) in [6, 6.07) is 18.5. The van der Waals surface area contributed by atoms with Crippen molar-refractivity contribution in [3.63, 3.8) is 0 Å². The third-order valence-electron chi connectivity index (χ3n) is 12.3. The summed E-state index contributed by atoms with van der Waals surface area (Å²) >= 11 is 0. The molecule has 2 aliphatic heterocycles. The maximum atomic E-state index is 13.0. The van der Waals surface area contributed by atoms with Crippen molar-refractivity contribution in [1.29, 1.82) is 0 Å². The van der Waals surface area contributed by atoms with Gasteiger partial charge in [-0.15, -0.1) is 0 Å². The Labute approximate surface area is 332 Å². The Morgan fingerprint density at radius 1 is 0.964 bits per heavy atom. The summed E-state index contributed by atoms with van der Waals surface area (Å²) in [5, 5.41) is 11.8. The fourth-order valence-corrected chi connectivity index (χ4v) is 7.83. The normalized spacial score (nSPS) is 19.2. The highest BCUT2D eigenvalue weighted by atomic mass is 16.7. The summed E-state index contributed by atoms with van der Waals surface area (Å²) < 4.78 is 33.2. The number of carbonyl (C=O) groups is 1. The highest BCUT2D eigenvalue weighted by Gasteiger charge is 2.52. The molecular weight excluding hydrogens is 707 g/mol. The Morgan fingerprint density at radius 2 is 1.66 bits per heavy atom. The minimum Gasteiger partial charge on any atom is -0.445 e. The van der Waals surface area contributed by atoms with Crippen LogP contribution in [0.4, 0.5) is 10.5 Å². The van der Waals surface area contributed by atoms with E-state index in [9.17, 15) is 9.90 Å². The van der Waals surface area contributed by atoms with E-state index in [0.29, 0.717) is 39.3 Å². The van der Waals surface area contributed by atoms with Crippen molar-refractivity contribution in [1.82, 2.24) is 14.5 Å². The SMILES string of the molecule is CO[C@@H](C)c1ncc(N2CCN(C(=O)OCc3ccccc3)CC2)cc1-c1c(CC2(CO)CC2)c2cc(B3OC(C)(C)C(C)(C)O3)ccc2n1CCOC(C)C. The highest BCUT2D eigenvalue weighted by Crippen LogP contribution is 2.51. The summed E-state index contributed by atoms with van der Waals surface area (Å²) in [5.41, 5.74) is 6.94. The molecule has 2 aromatic heterocycles. The van der Waals surface area contributed by atoms with Crippen molar-refractivity contribution in [2.45, 2.75) is 104 Å². The van der Waals surface area contributed by atoms with Gasteiger partial charge in [0, 0.05) is 62.9 Å². The van der Waals surface area contributed by atoms with Crippen LogP contribution in [0.25, 0.3) is 22.2 Å². The van der Waals surface area contributed by atoms with E-state index in [-0.39, 0.29) is 36.9 Å². The van der Waals surface area contributed by atoms with E-state index in [1.54, 1.807) is 12.0 Å². The number of benzene rings is 2. The fourth-order valence-electron chi connectivity index (χ4n) is 7.83. The number of aromatic nitrogens is 2. The van der Waals surface area contributed by atoms with Gasteiger partial charge in [0.1, 0.15) is 6.61 Å². The molecule has 0 bridgehead atoms. The number of pyridine rings is 1. The molecule has 7 rings (SSSR count). The van der Waals surface area contributed by atoms with Crippen molar-refractivity contribution in [2.75, 3.05) is 51.4 Å². The summed E-state index contributed by atoms with van der Waals surface area (Å²) in [5.74, 6) is 0. The molecule has 0 spiro atoms. The molecular formula is C44H59BN4O7. The van der Waals surface area contributed by atoms with Crippen molar-refractivity contribution < 1.29 is 33.4 Å². The van der Waals surface area contributed by atoms with Gasteiger partial charge in [0.15, 0.2) is 0 Å². The molecule has 1 saturated carbocycles. The molecule has 0 unspecified atom stereocenters. The zero-order chi connectivity index (χ0) is 39.8.